The van der Waals surface area contributed by atoms with Crippen molar-refractivity contribution < 1.29 is 14.0 Å². The van der Waals surface area contributed by atoms with E-state index in [2.05, 4.69) is 4.98 Å². The van der Waals surface area contributed by atoms with Crippen LogP contribution in [0.3, 0.4) is 0 Å². The number of hydrogen-bond acceptors (Lipinski definition) is 3. The molecule has 0 radical (unpaired) electrons. The molecule has 2 heterocycles. The minimum absolute atomic E-state index is 0.0747. The molecule has 1 saturated heterocycles. The lowest BCUT2D eigenvalue weighted by Crippen LogP contribution is -2.38. The molecule has 2 rings (SSSR count). The number of carbonyl (C=O) groups is 1. The van der Waals surface area contributed by atoms with E-state index in [1.807, 2.05) is 20.8 Å². The number of carbonyl (C=O) groups excluding carboxylic acids is 1. The number of halogens is 1. The van der Waals surface area contributed by atoms with Gasteiger partial charge in [0, 0.05) is 18.0 Å². The molecule has 5 heteroatoms. The highest BCUT2D eigenvalue weighted by Gasteiger charge is 2.37. The molecule has 98 valence electrons. The number of amides is 1. The first kappa shape index (κ1) is 13.0. The predicted molar refractivity (Wildman–Crippen MR) is 63.8 cm³/mol. The van der Waals surface area contributed by atoms with Crippen LogP contribution in [0.15, 0.2) is 18.3 Å². The predicted octanol–water partition coefficient (Wildman–Crippen LogP) is 2.47. The van der Waals surface area contributed by atoms with Gasteiger partial charge in [0.1, 0.15) is 0 Å². The molecule has 1 unspecified atom stereocenters. The standard InChI is InChI=1S/C13H17FN2O2/c1-13(2,3)12(17)16-10(6-7-18-16)9-4-5-11(14)15-8-9/h4-5,8,10H,6-7H2,1-3H3. The molecule has 0 N–H and O–H groups in total. The molecule has 4 nitrogen and oxygen atoms in total. The molecule has 1 fully saturated rings. The van der Waals surface area contributed by atoms with Gasteiger partial charge < -0.3 is 0 Å². The lowest BCUT2D eigenvalue weighted by atomic mass is 9.94. The number of hydroxylamine groups is 2. The Labute approximate surface area is 106 Å². The summed E-state index contributed by atoms with van der Waals surface area (Å²) in [5.74, 6) is -0.597. The van der Waals surface area contributed by atoms with E-state index in [9.17, 15) is 9.18 Å². The van der Waals surface area contributed by atoms with Gasteiger partial charge in [0.15, 0.2) is 0 Å². The molecule has 0 aliphatic carbocycles. The Bertz CT molecular complexity index is 439. The number of hydrogen-bond donors (Lipinski definition) is 0. The van der Waals surface area contributed by atoms with Crippen molar-refractivity contribution in [2.45, 2.75) is 33.2 Å². The van der Waals surface area contributed by atoms with E-state index in [1.165, 1.54) is 17.3 Å². The fourth-order valence-electron chi connectivity index (χ4n) is 1.89. The van der Waals surface area contributed by atoms with Gasteiger partial charge in [-0.1, -0.05) is 26.8 Å². The van der Waals surface area contributed by atoms with Gasteiger partial charge in [-0.15, -0.1) is 0 Å². The maximum Gasteiger partial charge on any atom is 0.252 e. The number of nitrogens with zero attached hydrogens (tertiary/aromatic N) is 2. The van der Waals surface area contributed by atoms with Crippen molar-refractivity contribution in [3.8, 4) is 0 Å². The highest BCUT2D eigenvalue weighted by atomic mass is 19.1. The quantitative estimate of drug-likeness (QED) is 0.721. The van der Waals surface area contributed by atoms with E-state index in [0.717, 1.165) is 5.56 Å². The first-order chi connectivity index (χ1) is 8.39. The highest BCUT2D eigenvalue weighted by Crippen LogP contribution is 2.33. The summed E-state index contributed by atoms with van der Waals surface area (Å²) in [5.41, 5.74) is 0.294. The molecule has 1 atom stereocenters. The van der Waals surface area contributed by atoms with Gasteiger partial charge in [-0.25, -0.2) is 10.0 Å². The van der Waals surface area contributed by atoms with E-state index < -0.39 is 11.4 Å². The fourth-order valence-corrected chi connectivity index (χ4v) is 1.89. The summed E-state index contributed by atoms with van der Waals surface area (Å²) in [7, 11) is 0. The molecular formula is C13H17FN2O2. The second-order valence-electron chi connectivity index (χ2n) is 5.43. The zero-order valence-corrected chi connectivity index (χ0v) is 10.8. The molecule has 1 aromatic rings. The van der Waals surface area contributed by atoms with E-state index in [-0.39, 0.29) is 11.9 Å². The topological polar surface area (TPSA) is 42.4 Å². The van der Waals surface area contributed by atoms with E-state index in [1.54, 1.807) is 6.07 Å². The summed E-state index contributed by atoms with van der Waals surface area (Å²) in [6.07, 6.45) is 2.16. The van der Waals surface area contributed by atoms with Crippen molar-refractivity contribution in [2.75, 3.05) is 6.61 Å². The van der Waals surface area contributed by atoms with Crippen molar-refractivity contribution in [3.05, 3.63) is 29.8 Å². The second kappa shape index (κ2) is 4.65. The van der Waals surface area contributed by atoms with Crippen LogP contribution in [0.5, 0.6) is 0 Å². The van der Waals surface area contributed by atoms with Crippen LogP contribution in [-0.2, 0) is 9.63 Å². The normalized spacial score (nSPS) is 20.2. The number of pyridine rings is 1. The fraction of sp³-hybridized carbons (Fsp3) is 0.538. The molecule has 18 heavy (non-hydrogen) atoms. The number of rotatable bonds is 1. The van der Waals surface area contributed by atoms with E-state index in [0.29, 0.717) is 13.0 Å². The summed E-state index contributed by atoms with van der Waals surface area (Å²) in [6.45, 7) is 6.02. The lowest BCUT2D eigenvalue weighted by molar-refractivity contribution is -0.186. The molecule has 1 amide bonds. The van der Waals surface area contributed by atoms with Crippen LogP contribution in [0.25, 0.3) is 0 Å². The van der Waals surface area contributed by atoms with Gasteiger partial charge in [0.2, 0.25) is 5.95 Å². The van der Waals surface area contributed by atoms with Crippen LogP contribution in [-0.4, -0.2) is 22.6 Å². The molecule has 1 aliphatic heterocycles. The summed E-state index contributed by atoms with van der Waals surface area (Å²) < 4.78 is 12.8. The largest absolute Gasteiger partial charge is 0.272 e. The maximum absolute atomic E-state index is 12.8. The third kappa shape index (κ3) is 2.51. The minimum Gasteiger partial charge on any atom is -0.272 e. The van der Waals surface area contributed by atoms with Crippen LogP contribution < -0.4 is 0 Å². The summed E-state index contributed by atoms with van der Waals surface area (Å²) >= 11 is 0. The molecule has 1 aromatic heterocycles. The summed E-state index contributed by atoms with van der Waals surface area (Å²) in [5, 5.41) is 1.40. The van der Waals surface area contributed by atoms with Crippen molar-refractivity contribution in [3.63, 3.8) is 0 Å². The van der Waals surface area contributed by atoms with Crippen LogP contribution in [0, 0.1) is 11.4 Å². The molecular weight excluding hydrogens is 235 g/mol. The van der Waals surface area contributed by atoms with E-state index >= 15 is 0 Å². The van der Waals surface area contributed by atoms with Gasteiger partial charge in [-0.05, 0) is 11.6 Å². The SMILES string of the molecule is CC(C)(C)C(=O)N1OCCC1c1ccc(F)nc1. The molecule has 1 aliphatic rings. The highest BCUT2D eigenvalue weighted by molar-refractivity contribution is 5.81. The van der Waals surface area contributed by atoms with Crippen LogP contribution >= 0.6 is 0 Å². The van der Waals surface area contributed by atoms with E-state index in [4.69, 9.17) is 4.84 Å². The Morgan fingerprint density at radius 2 is 2.22 bits per heavy atom. The molecule has 0 saturated carbocycles. The number of aromatic nitrogens is 1. The van der Waals surface area contributed by atoms with Gasteiger partial charge >= 0.3 is 0 Å². The minimum atomic E-state index is -0.522. The molecule has 0 bridgehead atoms. The maximum atomic E-state index is 12.8. The van der Waals surface area contributed by atoms with Crippen LogP contribution in [0.2, 0.25) is 0 Å². The monoisotopic (exact) mass is 252 g/mol. The molecule has 0 aromatic carbocycles. The lowest BCUT2D eigenvalue weighted by Gasteiger charge is -2.28. The average Bonchev–Trinajstić information content (AvgIpc) is 2.76. The zero-order valence-electron chi connectivity index (χ0n) is 10.8. The Balaban J connectivity index is 2.22. The van der Waals surface area contributed by atoms with Crippen molar-refractivity contribution in [2.24, 2.45) is 5.41 Å². The Morgan fingerprint density at radius 3 is 2.78 bits per heavy atom. The first-order valence-electron chi connectivity index (χ1n) is 5.97. The first-order valence-corrected chi connectivity index (χ1v) is 5.97. The zero-order chi connectivity index (χ0) is 13.3. The van der Waals surface area contributed by atoms with Crippen LogP contribution in [0.1, 0.15) is 38.8 Å². The second-order valence-corrected chi connectivity index (χ2v) is 5.43. The third-order valence-electron chi connectivity index (χ3n) is 2.88. The van der Waals surface area contributed by atoms with Crippen molar-refractivity contribution in [1.29, 1.82) is 0 Å². The van der Waals surface area contributed by atoms with Crippen molar-refractivity contribution in [1.82, 2.24) is 10.0 Å². The Kier molecular flexibility index (Phi) is 3.34. The summed E-state index contributed by atoms with van der Waals surface area (Å²) in [4.78, 5) is 21.2. The molecule has 0 spiro atoms. The third-order valence-corrected chi connectivity index (χ3v) is 2.88. The van der Waals surface area contributed by atoms with Crippen LogP contribution in [0.4, 0.5) is 4.39 Å². The Hall–Kier alpha value is -1.49. The Morgan fingerprint density at radius 1 is 1.50 bits per heavy atom. The van der Waals surface area contributed by atoms with Gasteiger partial charge in [-0.3, -0.25) is 9.63 Å². The smallest absolute Gasteiger partial charge is 0.252 e. The van der Waals surface area contributed by atoms with Gasteiger partial charge in [0.25, 0.3) is 5.91 Å². The average molecular weight is 252 g/mol. The van der Waals surface area contributed by atoms with Gasteiger partial charge in [0.05, 0.1) is 12.6 Å². The van der Waals surface area contributed by atoms with Crippen molar-refractivity contribution >= 4 is 5.91 Å². The summed E-state index contributed by atoms with van der Waals surface area (Å²) in [6, 6.07) is 2.77. The van der Waals surface area contributed by atoms with Gasteiger partial charge in [-0.2, -0.15) is 4.39 Å².